The number of benzene rings is 1. The second-order valence-corrected chi connectivity index (χ2v) is 5.98. The number of anilines is 1. The number of nitrogens with zero attached hydrogens (tertiary/aromatic N) is 1. The lowest BCUT2D eigenvalue weighted by Gasteiger charge is -2.35. The van der Waals surface area contributed by atoms with Crippen molar-refractivity contribution in [3.8, 4) is 0 Å². The average molecular weight is 288 g/mol. The second-order valence-electron chi connectivity index (χ2n) is 5.98. The van der Waals surface area contributed by atoms with Gasteiger partial charge in [-0.05, 0) is 43.7 Å². The van der Waals surface area contributed by atoms with Crippen molar-refractivity contribution >= 4 is 11.5 Å². The largest absolute Gasteiger partial charge is 0.382 e. The van der Waals surface area contributed by atoms with Crippen LogP contribution >= 0.6 is 0 Å². The van der Waals surface area contributed by atoms with E-state index in [1.54, 1.807) is 0 Å². The summed E-state index contributed by atoms with van der Waals surface area (Å²) in [5, 5.41) is 3.42. The van der Waals surface area contributed by atoms with Crippen LogP contribution in [0.5, 0.6) is 0 Å². The van der Waals surface area contributed by atoms with E-state index in [0.717, 1.165) is 30.9 Å². The van der Waals surface area contributed by atoms with Crippen LogP contribution in [0.15, 0.2) is 24.3 Å². The van der Waals surface area contributed by atoms with Gasteiger partial charge < -0.3 is 10.1 Å². The van der Waals surface area contributed by atoms with Crippen molar-refractivity contribution < 1.29 is 9.53 Å². The van der Waals surface area contributed by atoms with Crippen molar-refractivity contribution in [3.05, 3.63) is 29.8 Å². The Labute approximate surface area is 126 Å². The van der Waals surface area contributed by atoms with Crippen LogP contribution in [0.3, 0.4) is 0 Å². The first-order valence-corrected chi connectivity index (χ1v) is 7.99. The van der Waals surface area contributed by atoms with E-state index >= 15 is 0 Å². The fourth-order valence-corrected chi connectivity index (χ4v) is 3.22. The minimum Gasteiger partial charge on any atom is -0.382 e. The lowest BCUT2D eigenvalue weighted by atomic mass is 10.1. The quantitative estimate of drug-likeness (QED) is 0.846. The third kappa shape index (κ3) is 3.44. The highest BCUT2D eigenvalue weighted by Gasteiger charge is 2.31. The number of hydrogen-bond donors (Lipinski definition) is 1. The predicted molar refractivity (Wildman–Crippen MR) is 83.9 cm³/mol. The number of ketones is 1. The van der Waals surface area contributed by atoms with Crippen LogP contribution in [0, 0.1) is 0 Å². The SMILES string of the molecule is CCC(=O)c1ccc(NCC2CN3CCCC3CO2)cc1. The predicted octanol–water partition coefficient (Wildman–Crippen LogP) is 2.55. The molecule has 4 heteroatoms. The van der Waals surface area contributed by atoms with Crippen LogP contribution in [0.1, 0.15) is 36.5 Å². The van der Waals surface area contributed by atoms with E-state index in [1.807, 2.05) is 31.2 Å². The van der Waals surface area contributed by atoms with Gasteiger partial charge in [0.05, 0.1) is 12.7 Å². The van der Waals surface area contributed by atoms with E-state index in [1.165, 1.54) is 19.4 Å². The Bertz CT molecular complexity index is 486. The Morgan fingerprint density at radius 3 is 2.95 bits per heavy atom. The van der Waals surface area contributed by atoms with E-state index in [0.29, 0.717) is 12.5 Å². The molecule has 2 atom stereocenters. The molecule has 0 aromatic heterocycles. The van der Waals surface area contributed by atoms with Crippen molar-refractivity contribution in [1.29, 1.82) is 0 Å². The maximum Gasteiger partial charge on any atom is 0.162 e. The van der Waals surface area contributed by atoms with Crippen molar-refractivity contribution in [3.63, 3.8) is 0 Å². The highest BCUT2D eigenvalue weighted by molar-refractivity contribution is 5.96. The maximum atomic E-state index is 11.6. The fraction of sp³-hybridized carbons (Fsp3) is 0.588. The van der Waals surface area contributed by atoms with Crippen LogP contribution in [0.4, 0.5) is 5.69 Å². The van der Waals surface area contributed by atoms with Crippen molar-refractivity contribution in [2.24, 2.45) is 0 Å². The van der Waals surface area contributed by atoms with Gasteiger partial charge in [-0.15, -0.1) is 0 Å². The van der Waals surface area contributed by atoms with Crippen molar-refractivity contribution in [2.45, 2.75) is 38.3 Å². The van der Waals surface area contributed by atoms with Gasteiger partial charge in [0.15, 0.2) is 5.78 Å². The zero-order chi connectivity index (χ0) is 14.7. The molecule has 0 bridgehead atoms. The second kappa shape index (κ2) is 6.58. The van der Waals surface area contributed by atoms with Crippen LogP contribution in [0.2, 0.25) is 0 Å². The molecule has 0 aliphatic carbocycles. The summed E-state index contributed by atoms with van der Waals surface area (Å²) in [5.41, 5.74) is 1.84. The Hall–Kier alpha value is -1.39. The van der Waals surface area contributed by atoms with E-state index in [-0.39, 0.29) is 11.9 Å². The fourth-order valence-electron chi connectivity index (χ4n) is 3.22. The molecule has 0 saturated carbocycles. The molecule has 2 saturated heterocycles. The van der Waals surface area contributed by atoms with Gasteiger partial charge in [-0.2, -0.15) is 0 Å². The summed E-state index contributed by atoms with van der Waals surface area (Å²) in [6.45, 7) is 5.84. The number of Topliss-reactive ketones (excluding diaryl/α,β-unsaturated/α-hetero) is 1. The first-order chi connectivity index (χ1) is 10.3. The molecule has 0 amide bonds. The Balaban J connectivity index is 1.50. The lowest BCUT2D eigenvalue weighted by Crippen LogP contribution is -2.48. The molecule has 0 spiro atoms. The smallest absolute Gasteiger partial charge is 0.162 e. The van der Waals surface area contributed by atoms with E-state index < -0.39 is 0 Å². The molecule has 4 nitrogen and oxygen atoms in total. The molecule has 0 radical (unpaired) electrons. The van der Waals surface area contributed by atoms with Crippen molar-refractivity contribution in [1.82, 2.24) is 4.90 Å². The first kappa shape index (κ1) is 14.5. The number of ether oxygens (including phenoxy) is 1. The zero-order valence-corrected chi connectivity index (χ0v) is 12.7. The number of nitrogens with one attached hydrogen (secondary N) is 1. The van der Waals surface area contributed by atoms with Gasteiger partial charge in [0.1, 0.15) is 0 Å². The van der Waals surface area contributed by atoms with Crippen LogP contribution in [-0.4, -0.2) is 49.1 Å². The average Bonchev–Trinajstić information content (AvgIpc) is 3.00. The number of carbonyl (C=O) groups is 1. The summed E-state index contributed by atoms with van der Waals surface area (Å²) in [6, 6.07) is 8.40. The molecule has 1 aromatic carbocycles. The van der Waals surface area contributed by atoms with Crippen LogP contribution in [0.25, 0.3) is 0 Å². The maximum absolute atomic E-state index is 11.6. The summed E-state index contributed by atoms with van der Waals surface area (Å²) >= 11 is 0. The van der Waals surface area contributed by atoms with Crippen LogP contribution in [-0.2, 0) is 4.74 Å². The molecule has 2 aliphatic heterocycles. The first-order valence-electron chi connectivity index (χ1n) is 7.99. The molecule has 1 N–H and O–H groups in total. The number of carbonyl (C=O) groups excluding carboxylic acids is 1. The van der Waals surface area contributed by atoms with E-state index in [4.69, 9.17) is 4.74 Å². The molecule has 2 fully saturated rings. The van der Waals surface area contributed by atoms with Gasteiger partial charge in [0.25, 0.3) is 0 Å². The van der Waals surface area contributed by atoms with E-state index in [2.05, 4.69) is 10.2 Å². The highest BCUT2D eigenvalue weighted by Crippen LogP contribution is 2.22. The van der Waals surface area contributed by atoms with E-state index in [9.17, 15) is 4.79 Å². The molecular formula is C17H24N2O2. The monoisotopic (exact) mass is 288 g/mol. The Kier molecular flexibility index (Phi) is 4.56. The lowest BCUT2D eigenvalue weighted by molar-refractivity contribution is -0.0415. The summed E-state index contributed by atoms with van der Waals surface area (Å²) < 4.78 is 5.93. The molecule has 3 rings (SSSR count). The normalized spacial score (nSPS) is 25.6. The van der Waals surface area contributed by atoms with Gasteiger partial charge in [-0.3, -0.25) is 9.69 Å². The summed E-state index contributed by atoms with van der Waals surface area (Å²) in [5.74, 6) is 0.192. The summed E-state index contributed by atoms with van der Waals surface area (Å²) in [6.07, 6.45) is 3.41. The molecule has 21 heavy (non-hydrogen) atoms. The number of hydrogen-bond acceptors (Lipinski definition) is 4. The third-order valence-corrected chi connectivity index (χ3v) is 4.52. The number of rotatable bonds is 5. The summed E-state index contributed by atoms with van der Waals surface area (Å²) in [7, 11) is 0. The molecular weight excluding hydrogens is 264 g/mol. The van der Waals surface area contributed by atoms with Gasteiger partial charge in [-0.1, -0.05) is 6.92 Å². The van der Waals surface area contributed by atoms with Crippen molar-refractivity contribution in [2.75, 3.05) is 31.6 Å². The number of morpholine rings is 1. The zero-order valence-electron chi connectivity index (χ0n) is 12.7. The minimum absolute atomic E-state index is 0.192. The van der Waals surface area contributed by atoms with Gasteiger partial charge in [-0.25, -0.2) is 0 Å². The Morgan fingerprint density at radius 2 is 2.19 bits per heavy atom. The summed E-state index contributed by atoms with van der Waals surface area (Å²) in [4.78, 5) is 14.1. The topological polar surface area (TPSA) is 41.6 Å². The molecule has 114 valence electrons. The Morgan fingerprint density at radius 1 is 1.38 bits per heavy atom. The van der Waals surface area contributed by atoms with Gasteiger partial charge in [0.2, 0.25) is 0 Å². The third-order valence-electron chi connectivity index (χ3n) is 4.52. The number of fused-ring (bicyclic) bond motifs is 1. The minimum atomic E-state index is 0.192. The molecule has 2 heterocycles. The molecule has 2 aliphatic rings. The molecule has 1 aromatic rings. The van der Waals surface area contributed by atoms with Gasteiger partial charge in [0, 0.05) is 36.8 Å². The highest BCUT2D eigenvalue weighted by atomic mass is 16.5. The van der Waals surface area contributed by atoms with Gasteiger partial charge >= 0.3 is 0 Å². The molecule has 2 unspecified atom stereocenters. The van der Waals surface area contributed by atoms with Crippen LogP contribution < -0.4 is 5.32 Å². The standard InChI is InChI=1S/C17H24N2O2/c1-2-17(20)13-5-7-14(8-6-13)18-10-16-11-19-9-3-4-15(19)12-21-16/h5-8,15-16,18H,2-4,9-12H2,1H3.